The molecule has 1 atom stereocenters. The Balaban J connectivity index is 1.41. The molecule has 32 heavy (non-hydrogen) atoms. The molecule has 1 amide bonds. The molecule has 170 valence electrons. The van der Waals surface area contributed by atoms with Crippen molar-refractivity contribution in [1.29, 1.82) is 0 Å². The van der Waals surface area contributed by atoms with Crippen molar-refractivity contribution in [3.63, 3.8) is 0 Å². The molecule has 2 N–H and O–H groups in total. The van der Waals surface area contributed by atoms with Gasteiger partial charge < -0.3 is 10.3 Å². The molecule has 1 saturated heterocycles. The number of halogens is 1. The number of nitrogens with zero attached hydrogens (tertiary/aromatic N) is 2. The zero-order valence-corrected chi connectivity index (χ0v) is 19.7. The molecule has 1 aliphatic heterocycles. The topological polar surface area (TPSA) is 95.2 Å². The summed E-state index contributed by atoms with van der Waals surface area (Å²) < 4.78 is 27.2. The highest BCUT2D eigenvalue weighted by atomic mass is 35.5. The van der Waals surface area contributed by atoms with E-state index in [0.29, 0.717) is 31.0 Å². The molecular weight excluding hydrogens is 448 g/mol. The number of nitrogens with one attached hydrogen (secondary N) is 2. The zero-order chi connectivity index (χ0) is 22.9. The Hall–Kier alpha value is -2.42. The van der Waals surface area contributed by atoms with E-state index < -0.39 is 10.0 Å². The summed E-state index contributed by atoms with van der Waals surface area (Å²) in [6.45, 7) is 4.69. The molecule has 1 fully saturated rings. The van der Waals surface area contributed by atoms with E-state index in [1.54, 1.807) is 12.1 Å². The van der Waals surface area contributed by atoms with E-state index in [4.69, 9.17) is 11.6 Å². The normalized spacial score (nSPS) is 17.0. The second-order valence-electron chi connectivity index (χ2n) is 8.50. The van der Waals surface area contributed by atoms with Crippen LogP contribution in [0.5, 0.6) is 0 Å². The number of carbonyl (C=O) groups excluding carboxylic acids is 1. The van der Waals surface area contributed by atoms with Crippen molar-refractivity contribution < 1.29 is 13.2 Å². The van der Waals surface area contributed by atoms with Gasteiger partial charge in [-0.2, -0.15) is 4.31 Å². The summed E-state index contributed by atoms with van der Waals surface area (Å²) in [7, 11) is -3.59. The van der Waals surface area contributed by atoms with Crippen molar-refractivity contribution in [3.8, 4) is 0 Å². The minimum atomic E-state index is -3.59. The lowest BCUT2D eigenvalue weighted by Crippen LogP contribution is -2.44. The Morgan fingerprint density at radius 1 is 1.12 bits per heavy atom. The summed E-state index contributed by atoms with van der Waals surface area (Å²) >= 11 is 5.87. The van der Waals surface area contributed by atoms with Crippen LogP contribution in [0.4, 0.5) is 0 Å². The van der Waals surface area contributed by atoms with E-state index in [2.05, 4.69) is 15.3 Å². The van der Waals surface area contributed by atoms with Gasteiger partial charge in [-0.25, -0.2) is 13.4 Å². The second-order valence-corrected chi connectivity index (χ2v) is 10.9. The summed E-state index contributed by atoms with van der Waals surface area (Å²) in [6.07, 6.45) is 0.952. The van der Waals surface area contributed by atoms with Crippen LogP contribution in [0.3, 0.4) is 0 Å². The van der Waals surface area contributed by atoms with Crippen LogP contribution >= 0.6 is 11.6 Å². The Kier molecular flexibility index (Phi) is 6.55. The van der Waals surface area contributed by atoms with E-state index in [1.165, 1.54) is 16.4 Å². The molecule has 0 spiro atoms. The van der Waals surface area contributed by atoms with Gasteiger partial charge in [0.25, 0.3) is 0 Å². The molecule has 0 aliphatic carbocycles. The molecule has 1 unspecified atom stereocenters. The summed E-state index contributed by atoms with van der Waals surface area (Å²) in [6, 6.07) is 13.7. The van der Waals surface area contributed by atoms with Gasteiger partial charge in [0, 0.05) is 24.0 Å². The van der Waals surface area contributed by atoms with Crippen LogP contribution in [0.15, 0.2) is 53.4 Å². The van der Waals surface area contributed by atoms with Crippen LogP contribution in [-0.2, 0) is 14.8 Å². The van der Waals surface area contributed by atoms with Crippen molar-refractivity contribution >= 4 is 38.6 Å². The van der Waals surface area contributed by atoms with Gasteiger partial charge in [-0.1, -0.05) is 37.6 Å². The molecule has 9 heteroatoms. The van der Waals surface area contributed by atoms with Crippen molar-refractivity contribution in [2.75, 3.05) is 13.1 Å². The third-order valence-corrected chi connectivity index (χ3v) is 8.11. The van der Waals surface area contributed by atoms with E-state index in [1.807, 2.05) is 38.1 Å². The number of carbonyl (C=O) groups is 1. The highest BCUT2D eigenvalue weighted by Gasteiger charge is 2.33. The first kappa shape index (κ1) is 22.8. The number of imidazole rings is 1. The molecule has 4 rings (SSSR count). The molecule has 0 saturated carbocycles. The molecule has 7 nitrogen and oxygen atoms in total. The maximum absolute atomic E-state index is 13.0. The van der Waals surface area contributed by atoms with Crippen LogP contribution in [0.1, 0.15) is 38.6 Å². The average molecular weight is 475 g/mol. The van der Waals surface area contributed by atoms with E-state index >= 15 is 0 Å². The lowest BCUT2D eigenvalue weighted by Gasteiger charge is -2.31. The van der Waals surface area contributed by atoms with Crippen molar-refractivity contribution in [2.24, 2.45) is 11.8 Å². The number of para-hydroxylation sites is 2. The number of hydrogen-bond acceptors (Lipinski definition) is 4. The molecule has 3 aromatic rings. The molecular formula is C23H27ClN4O3S. The number of fused-ring (bicyclic) bond motifs is 1. The lowest BCUT2D eigenvalue weighted by atomic mass is 9.95. The summed E-state index contributed by atoms with van der Waals surface area (Å²) in [4.78, 5) is 21.2. The maximum Gasteiger partial charge on any atom is 0.243 e. The number of rotatable bonds is 6. The monoisotopic (exact) mass is 474 g/mol. The number of piperidine rings is 1. The average Bonchev–Trinajstić information content (AvgIpc) is 3.21. The fourth-order valence-electron chi connectivity index (χ4n) is 4.06. The second kappa shape index (κ2) is 9.21. The molecule has 0 radical (unpaired) electrons. The maximum atomic E-state index is 13.0. The van der Waals surface area contributed by atoms with Crippen LogP contribution in [0.2, 0.25) is 5.02 Å². The van der Waals surface area contributed by atoms with Gasteiger partial charge in [0.2, 0.25) is 15.9 Å². The van der Waals surface area contributed by atoms with Gasteiger partial charge in [-0.15, -0.1) is 0 Å². The van der Waals surface area contributed by atoms with Gasteiger partial charge in [0.15, 0.2) is 0 Å². The molecule has 2 heterocycles. The Bertz CT molecular complexity index is 1170. The number of aromatic amines is 1. The predicted octanol–water partition coefficient (Wildman–Crippen LogP) is 4.13. The first-order chi connectivity index (χ1) is 15.3. The van der Waals surface area contributed by atoms with Crippen LogP contribution in [0.25, 0.3) is 11.0 Å². The van der Waals surface area contributed by atoms with Crippen LogP contribution in [0, 0.1) is 11.8 Å². The smallest absolute Gasteiger partial charge is 0.243 e. The van der Waals surface area contributed by atoms with Gasteiger partial charge in [-0.05, 0) is 55.2 Å². The SMILES string of the molecule is CC(C)C(NC(=O)C1CCN(S(=O)(=O)c2ccc(Cl)cc2)CC1)c1nc2ccccc2[nH]1. The minimum absolute atomic E-state index is 0.0623. The highest BCUT2D eigenvalue weighted by molar-refractivity contribution is 7.89. The number of hydrogen-bond donors (Lipinski definition) is 2. The Morgan fingerprint density at radius 2 is 1.78 bits per heavy atom. The number of benzene rings is 2. The van der Waals surface area contributed by atoms with Crippen LogP contribution < -0.4 is 5.32 Å². The Morgan fingerprint density at radius 3 is 2.41 bits per heavy atom. The lowest BCUT2D eigenvalue weighted by molar-refractivity contribution is -0.127. The number of H-pyrrole nitrogens is 1. The number of sulfonamides is 1. The minimum Gasteiger partial charge on any atom is -0.346 e. The standard InChI is InChI=1S/C23H27ClN4O3S/c1-15(2)21(22-25-19-5-3-4-6-20(19)26-22)27-23(29)16-11-13-28(14-12-16)32(30,31)18-9-7-17(24)8-10-18/h3-10,15-16,21H,11-14H2,1-2H3,(H,25,26)(H,27,29). The summed E-state index contributed by atoms with van der Waals surface area (Å²) in [5.41, 5.74) is 1.80. The van der Waals surface area contributed by atoms with E-state index in [-0.39, 0.29) is 28.7 Å². The quantitative estimate of drug-likeness (QED) is 0.561. The predicted molar refractivity (Wildman–Crippen MR) is 125 cm³/mol. The van der Waals surface area contributed by atoms with Gasteiger partial charge in [0.1, 0.15) is 5.82 Å². The fraction of sp³-hybridized carbons (Fsp3) is 0.391. The molecule has 2 aromatic carbocycles. The van der Waals surface area contributed by atoms with Gasteiger partial charge in [0.05, 0.1) is 22.0 Å². The highest BCUT2D eigenvalue weighted by Crippen LogP contribution is 2.27. The third-order valence-electron chi connectivity index (χ3n) is 5.94. The van der Waals surface area contributed by atoms with Crippen molar-refractivity contribution in [2.45, 2.75) is 37.6 Å². The van der Waals surface area contributed by atoms with Gasteiger partial charge in [-0.3, -0.25) is 4.79 Å². The Labute approximate surface area is 193 Å². The zero-order valence-electron chi connectivity index (χ0n) is 18.1. The fourth-order valence-corrected chi connectivity index (χ4v) is 5.65. The van der Waals surface area contributed by atoms with E-state index in [9.17, 15) is 13.2 Å². The molecule has 1 aromatic heterocycles. The van der Waals surface area contributed by atoms with Crippen molar-refractivity contribution in [1.82, 2.24) is 19.6 Å². The number of aromatic nitrogens is 2. The first-order valence-corrected chi connectivity index (χ1v) is 12.6. The third kappa shape index (κ3) is 4.67. The largest absolute Gasteiger partial charge is 0.346 e. The summed E-state index contributed by atoms with van der Waals surface area (Å²) in [5, 5.41) is 3.63. The summed E-state index contributed by atoms with van der Waals surface area (Å²) in [5.74, 6) is 0.576. The first-order valence-electron chi connectivity index (χ1n) is 10.8. The van der Waals surface area contributed by atoms with Crippen molar-refractivity contribution in [3.05, 3.63) is 59.4 Å². The van der Waals surface area contributed by atoms with E-state index in [0.717, 1.165) is 16.9 Å². The number of amides is 1. The molecule has 1 aliphatic rings. The van der Waals surface area contributed by atoms with Crippen LogP contribution in [-0.4, -0.2) is 41.7 Å². The van der Waals surface area contributed by atoms with Gasteiger partial charge >= 0.3 is 0 Å². The molecule has 0 bridgehead atoms.